The summed E-state index contributed by atoms with van der Waals surface area (Å²) >= 11 is 0. The molecule has 146 valence electrons. The van der Waals surface area contributed by atoms with Crippen LogP contribution < -0.4 is 15.0 Å². The van der Waals surface area contributed by atoms with Gasteiger partial charge in [0, 0.05) is 49.2 Å². The molecule has 5 rings (SSSR count). The molecule has 1 saturated heterocycles. The van der Waals surface area contributed by atoms with Crippen molar-refractivity contribution in [2.75, 3.05) is 38.2 Å². The molecular weight excluding hydrogens is 362 g/mol. The Morgan fingerprint density at radius 1 is 0.966 bits per heavy atom. The molecule has 0 unspecified atom stereocenters. The van der Waals surface area contributed by atoms with Gasteiger partial charge in [0.05, 0.1) is 7.11 Å². The lowest BCUT2D eigenvalue weighted by Gasteiger charge is -2.29. The first-order chi connectivity index (χ1) is 14.3. The molecule has 2 aromatic carbocycles. The highest BCUT2D eigenvalue weighted by molar-refractivity contribution is 5.92. The number of fused-ring (bicyclic) bond motifs is 1. The van der Waals surface area contributed by atoms with Crippen molar-refractivity contribution in [2.45, 2.75) is 0 Å². The Hall–Kier alpha value is -3.31. The zero-order chi connectivity index (χ0) is 19.6. The molecule has 0 aliphatic carbocycles. The van der Waals surface area contributed by atoms with Gasteiger partial charge in [-0.15, -0.1) is 0 Å². The van der Waals surface area contributed by atoms with Crippen molar-refractivity contribution in [3.8, 4) is 28.0 Å². The highest BCUT2D eigenvalue weighted by Gasteiger charge is 2.13. The van der Waals surface area contributed by atoms with Crippen molar-refractivity contribution in [3.63, 3.8) is 0 Å². The molecule has 5 heteroatoms. The Kier molecular flexibility index (Phi) is 4.66. The van der Waals surface area contributed by atoms with Crippen LogP contribution in [-0.4, -0.2) is 38.3 Å². The molecule has 4 aromatic rings. The van der Waals surface area contributed by atoms with E-state index in [0.29, 0.717) is 0 Å². The van der Waals surface area contributed by atoms with Crippen LogP contribution in [0.15, 0.2) is 71.5 Å². The van der Waals surface area contributed by atoms with E-state index in [1.165, 1.54) is 5.69 Å². The van der Waals surface area contributed by atoms with Gasteiger partial charge in [0.15, 0.2) is 5.58 Å². The first-order valence-electron chi connectivity index (χ1n) is 9.89. The third kappa shape index (κ3) is 3.45. The summed E-state index contributed by atoms with van der Waals surface area (Å²) in [5.41, 5.74) is 7.10. The van der Waals surface area contributed by atoms with Crippen molar-refractivity contribution >= 4 is 16.8 Å². The number of methoxy groups -OCH3 is 1. The van der Waals surface area contributed by atoms with Crippen LogP contribution in [0.25, 0.3) is 33.4 Å². The summed E-state index contributed by atoms with van der Waals surface area (Å²) in [6, 6.07) is 18.7. The normalized spacial score (nSPS) is 14.3. The number of anilines is 1. The van der Waals surface area contributed by atoms with Gasteiger partial charge in [-0.25, -0.2) is 0 Å². The van der Waals surface area contributed by atoms with Gasteiger partial charge in [0.25, 0.3) is 0 Å². The maximum atomic E-state index is 5.84. The lowest BCUT2D eigenvalue weighted by Crippen LogP contribution is -2.43. The second kappa shape index (κ2) is 7.60. The molecule has 0 radical (unpaired) electrons. The molecule has 5 nitrogen and oxygen atoms in total. The number of rotatable bonds is 4. The van der Waals surface area contributed by atoms with Gasteiger partial charge in [-0.2, -0.15) is 0 Å². The zero-order valence-corrected chi connectivity index (χ0v) is 16.4. The molecule has 0 saturated carbocycles. The number of pyridine rings is 1. The number of benzene rings is 2. The van der Waals surface area contributed by atoms with Crippen LogP contribution in [0.1, 0.15) is 0 Å². The average Bonchev–Trinajstić information content (AvgIpc) is 3.23. The summed E-state index contributed by atoms with van der Waals surface area (Å²) in [6.07, 6.45) is 3.69. The standard InChI is InChI=1S/C24H23N3O2/c1-28-21-4-2-3-18(13-21)22-16-29-23-14-19(15-26-24(22)23)17-5-7-20(8-6-17)27-11-9-25-10-12-27/h2-8,13-16,25H,9-12H2,1H3. The van der Waals surface area contributed by atoms with Gasteiger partial charge in [-0.05, 0) is 41.5 Å². The SMILES string of the molecule is COc1cccc(-c2coc3cc(-c4ccc(N5CCNCC5)cc4)cnc23)c1. The third-order valence-corrected chi connectivity index (χ3v) is 5.48. The predicted octanol–water partition coefficient (Wildman–Crippen LogP) is 4.58. The summed E-state index contributed by atoms with van der Waals surface area (Å²) < 4.78 is 11.2. The minimum absolute atomic E-state index is 0.784. The number of piperazine rings is 1. The Balaban J connectivity index is 1.44. The van der Waals surface area contributed by atoms with E-state index >= 15 is 0 Å². The van der Waals surface area contributed by atoms with Crippen LogP contribution in [0.2, 0.25) is 0 Å². The highest BCUT2D eigenvalue weighted by atomic mass is 16.5. The van der Waals surface area contributed by atoms with Crippen LogP contribution in [-0.2, 0) is 0 Å². The summed E-state index contributed by atoms with van der Waals surface area (Å²) in [5.74, 6) is 0.818. The fraction of sp³-hybridized carbons (Fsp3) is 0.208. The number of nitrogens with one attached hydrogen (secondary N) is 1. The Labute approximate surface area is 169 Å². The van der Waals surface area contributed by atoms with E-state index in [4.69, 9.17) is 14.1 Å². The van der Waals surface area contributed by atoms with E-state index < -0.39 is 0 Å². The van der Waals surface area contributed by atoms with Crippen LogP contribution in [0, 0.1) is 0 Å². The molecule has 1 aliphatic heterocycles. The lowest BCUT2D eigenvalue weighted by molar-refractivity contribution is 0.415. The number of hydrogen-bond donors (Lipinski definition) is 1. The summed E-state index contributed by atoms with van der Waals surface area (Å²) in [6.45, 7) is 4.17. The van der Waals surface area contributed by atoms with Crippen molar-refractivity contribution in [3.05, 3.63) is 67.1 Å². The van der Waals surface area contributed by atoms with Gasteiger partial charge in [0.1, 0.15) is 17.5 Å². The second-order valence-electron chi connectivity index (χ2n) is 7.24. The van der Waals surface area contributed by atoms with E-state index in [9.17, 15) is 0 Å². The first kappa shape index (κ1) is 17.8. The molecule has 1 aliphatic rings. The van der Waals surface area contributed by atoms with Crippen LogP contribution in [0.3, 0.4) is 0 Å². The number of furan rings is 1. The summed E-state index contributed by atoms with van der Waals surface area (Å²) in [5, 5.41) is 3.39. The van der Waals surface area contributed by atoms with E-state index in [1.807, 2.05) is 30.5 Å². The number of ether oxygens (including phenoxy) is 1. The van der Waals surface area contributed by atoms with Crippen LogP contribution >= 0.6 is 0 Å². The van der Waals surface area contributed by atoms with Crippen molar-refractivity contribution in [2.24, 2.45) is 0 Å². The smallest absolute Gasteiger partial charge is 0.153 e. The molecular formula is C24H23N3O2. The summed E-state index contributed by atoms with van der Waals surface area (Å²) in [7, 11) is 1.67. The van der Waals surface area contributed by atoms with Crippen LogP contribution in [0.4, 0.5) is 5.69 Å². The molecule has 0 amide bonds. The maximum Gasteiger partial charge on any atom is 0.153 e. The second-order valence-corrected chi connectivity index (χ2v) is 7.24. The first-order valence-corrected chi connectivity index (χ1v) is 9.89. The predicted molar refractivity (Wildman–Crippen MR) is 117 cm³/mol. The minimum atomic E-state index is 0.784. The Morgan fingerprint density at radius 3 is 2.59 bits per heavy atom. The minimum Gasteiger partial charge on any atom is -0.497 e. The molecule has 29 heavy (non-hydrogen) atoms. The Bertz CT molecular complexity index is 1130. The molecule has 1 fully saturated rings. The molecule has 0 bridgehead atoms. The fourth-order valence-electron chi connectivity index (χ4n) is 3.86. The van der Waals surface area contributed by atoms with E-state index in [0.717, 1.165) is 65.3 Å². The summed E-state index contributed by atoms with van der Waals surface area (Å²) in [4.78, 5) is 7.12. The Morgan fingerprint density at radius 2 is 1.79 bits per heavy atom. The molecule has 0 spiro atoms. The van der Waals surface area contributed by atoms with E-state index in [2.05, 4.69) is 40.5 Å². The molecule has 3 heterocycles. The zero-order valence-electron chi connectivity index (χ0n) is 16.4. The van der Waals surface area contributed by atoms with Gasteiger partial charge in [-0.1, -0.05) is 24.3 Å². The van der Waals surface area contributed by atoms with Crippen molar-refractivity contribution in [1.29, 1.82) is 0 Å². The monoisotopic (exact) mass is 385 g/mol. The van der Waals surface area contributed by atoms with Crippen LogP contribution in [0.5, 0.6) is 5.75 Å². The number of aromatic nitrogens is 1. The highest BCUT2D eigenvalue weighted by Crippen LogP contribution is 2.33. The molecule has 2 aromatic heterocycles. The number of nitrogens with zero attached hydrogens (tertiary/aromatic N) is 2. The number of hydrogen-bond acceptors (Lipinski definition) is 5. The molecule has 0 atom stereocenters. The fourth-order valence-corrected chi connectivity index (χ4v) is 3.86. The van der Waals surface area contributed by atoms with Crippen molar-refractivity contribution < 1.29 is 9.15 Å². The van der Waals surface area contributed by atoms with Gasteiger partial charge in [0.2, 0.25) is 0 Å². The van der Waals surface area contributed by atoms with Crippen molar-refractivity contribution in [1.82, 2.24) is 10.3 Å². The topological polar surface area (TPSA) is 50.5 Å². The quantitative estimate of drug-likeness (QED) is 0.557. The van der Waals surface area contributed by atoms with Gasteiger partial charge < -0.3 is 19.4 Å². The van der Waals surface area contributed by atoms with E-state index in [-0.39, 0.29) is 0 Å². The lowest BCUT2D eigenvalue weighted by atomic mass is 10.0. The van der Waals surface area contributed by atoms with Gasteiger partial charge in [-0.3, -0.25) is 4.98 Å². The maximum absolute atomic E-state index is 5.84. The van der Waals surface area contributed by atoms with Gasteiger partial charge >= 0.3 is 0 Å². The third-order valence-electron chi connectivity index (χ3n) is 5.48. The van der Waals surface area contributed by atoms with E-state index in [1.54, 1.807) is 13.4 Å². The largest absolute Gasteiger partial charge is 0.497 e. The average molecular weight is 385 g/mol. The molecule has 1 N–H and O–H groups in total.